The first kappa shape index (κ1) is 20.8. The quantitative estimate of drug-likeness (QED) is 0.370. The minimum Gasteiger partial charge on any atom is -0.493 e. The van der Waals surface area contributed by atoms with Gasteiger partial charge in [-0.15, -0.1) is 24.0 Å². The first-order valence-corrected chi connectivity index (χ1v) is 8.79. The lowest BCUT2D eigenvalue weighted by molar-refractivity contribution is 0.271. The Kier molecular flexibility index (Phi) is 9.78. The van der Waals surface area contributed by atoms with Gasteiger partial charge < -0.3 is 15.4 Å². The van der Waals surface area contributed by atoms with Crippen LogP contribution in [0.25, 0.3) is 0 Å². The average molecular weight is 459 g/mol. The second-order valence-corrected chi connectivity index (χ2v) is 6.54. The molecular formula is C18H26IN3OS. The molecule has 24 heavy (non-hydrogen) atoms. The third-order valence-electron chi connectivity index (χ3n) is 3.21. The summed E-state index contributed by atoms with van der Waals surface area (Å²) in [4.78, 5) is 4.25. The third kappa shape index (κ3) is 7.53. The smallest absolute Gasteiger partial charge is 0.191 e. The molecule has 0 unspecified atom stereocenters. The number of hydrogen-bond acceptors (Lipinski definition) is 3. The predicted molar refractivity (Wildman–Crippen MR) is 114 cm³/mol. The molecule has 0 aliphatic heterocycles. The van der Waals surface area contributed by atoms with Gasteiger partial charge in [-0.2, -0.15) is 11.3 Å². The Morgan fingerprint density at radius 2 is 1.92 bits per heavy atom. The van der Waals surface area contributed by atoms with Crippen LogP contribution in [-0.2, 0) is 13.1 Å². The minimum atomic E-state index is 0. The first-order valence-electron chi connectivity index (χ1n) is 7.84. The molecule has 0 saturated heterocycles. The number of halogens is 1. The number of thiophene rings is 1. The number of aliphatic imine (C=N–C) groups is 1. The zero-order valence-corrected chi connectivity index (χ0v) is 17.6. The van der Waals surface area contributed by atoms with Crippen LogP contribution in [0.15, 0.2) is 46.1 Å². The van der Waals surface area contributed by atoms with E-state index in [4.69, 9.17) is 4.74 Å². The Morgan fingerprint density at radius 1 is 1.17 bits per heavy atom. The molecule has 0 fully saturated rings. The van der Waals surface area contributed by atoms with E-state index in [0.29, 0.717) is 12.5 Å². The molecule has 1 aromatic carbocycles. The van der Waals surface area contributed by atoms with Crippen LogP contribution in [0.5, 0.6) is 5.75 Å². The Balaban J connectivity index is 0.00000288. The molecule has 0 spiro atoms. The van der Waals surface area contributed by atoms with Crippen LogP contribution in [0.3, 0.4) is 0 Å². The van der Waals surface area contributed by atoms with Crippen molar-refractivity contribution in [3.8, 4) is 5.75 Å². The van der Waals surface area contributed by atoms with Crippen LogP contribution in [0, 0.1) is 5.92 Å². The molecule has 2 rings (SSSR count). The number of hydrogen-bond donors (Lipinski definition) is 2. The Morgan fingerprint density at radius 3 is 2.54 bits per heavy atom. The summed E-state index contributed by atoms with van der Waals surface area (Å²) in [6.07, 6.45) is 0. The standard InChI is InChI=1S/C18H25N3OS.HI/c1-14(2)12-22-17-6-4-5-15(9-17)10-20-18(19-3)21-11-16-7-8-23-13-16;/h4-9,13-14H,10-12H2,1-3H3,(H2,19,20,21);1H. The van der Waals surface area contributed by atoms with Crippen molar-refractivity contribution >= 4 is 41.3 Å². The van der Waals surface area contributed by atoms with Crippen LogP contribution in [0.4, 0.5) is 0 Å². The maximum atomic E-state index is 5.77. The monoisotopic (exact) mass is 459 g/mol. The van der Waals surface area contributed by atoms with Crippen LogP contribution in [0.1, 0.15) is 25.0 Å². The number of nitrogens with one attached hydrogen (secondary N) is 2. The lowest BCUT2D eigenvalue weighted by Crippen LogP contribution is -2.36. The molecule has 2 aromatic rings. The summed E-state index contributed by atoms with van der Waals surface area (Å²) in [5, 5.41) is 10.9. The molecule has 2 N–H and O–H groups in total. The van der Waals surface area contributed by atoms with E-state index in [1.165, 1.54) is 11.1 Å². The van der Waals surface area contributed by atoms with Gasteiger partial charge in [-0.3, -0.25) is 4.99 Å². The van der Waals surface area contributed by atoms with Gasteiger partial charge in [-0.1, -0.05) is 26.0 Å². The summed E-state index contributed by atoms with van der Waals surface area (Å²) in [6.45, 7) is 6.52. The number of ether oxygens (including phenoxy) is 1. The molecule has 1 heterocycles. The van der Waals surface area contributed by atoms with Crippen LogP contribution in [-0.4, -0.2) is 19.6 Å². The molecule has 0 atom stereocenters. The highest BCUT2D eigenvalue weighted by Crippen LogP contribution is 2.14. The molecule has 0 saturated carbocycles. The van der Waals surface area contributed by atoms with Gasteiger partial charge in [0, 0.05) is 20.1 Å². The highest BCUT2D eigenvalue weighted by Gasteiger charge is 2.02. The number of guanidine groups is 1. The zero-order chi connectivity index (χ0) is 16.5. The Labute approximate surface area is 165 Å². The fraction of sp³-hybridized carbons (Fsp3) is 0.389. The van der Waals surface area contributed by atoms with E-state index in [1.807, 2.05) is 12.1 Å². The fourth-order valence-electron chi connectivity index (χ4n) is 1.99. The van der Waals surface area contributed by atoms with Crippen molar-refractivity contribution in [2.24, 2.45) is 10.9 Å². The molecule has 1 aromatic heterocycles. The van der Waals surface area contributed by atoms with Crippen molar-refractivity contribution in [2.75, 3.05) is 13.7 Å². The SMILES string of the molecule is CN=C(NCc1ccsc1)NCc1cccc(OCC(C)C)c1.I. The largest absolute Gasteiger partial charge is 0.493 e. The van der Waals surface area contributed by atoms with Crippen molar-refractivity contribution in [3.05, 3.63) is 52.2 Å². The third-order valence-corrected chi connectivity index (χ3v) is 3.94. The molecule has 0 radical (unpaired) electrons. The van der Waals surface area contributed by atoms with Crippen LogP contribution < -0.4 is 15.4 Å². The second kappa shape index (κ2) is 11.3. The minimum absolute atomic E-state index is 0. The normalized spacial score (nSPS) is 11.1. The second-order valence-electron chi connectivity index (χ2n) is 5.76. The van der Waals surface area contributed by atoms with Gasteiger partial charge in [0.15, 0.2) is 5.96 Å². The van der Waals surface area contributed by atoms with Gasteiger partial charge in [-0.25, -0.2) is 0 Å². The molecular weight excluding hydrogens is 433 g/mol. The summed E-state index contributed by atoms with van der Waals surface area (Å²) >= 11 is 1.70. The van der Waals surface area contributed by atoms with Gasteiger partial charge in [0.25, 0.3) is 0 Å². The molecule has 4 nitrogen and oxygen atoms in total. The summed E-state index contributed by atoms with van der Waals surface area (Å²) in [7, 11) is 1.78. The summed E-state index contributed by atoms with van der Waals surface area (Å²) in [5.41, 5.74) is 2.44. The predicted octanol–water partition coefficient (Wildman–Crippen LogP) is 4.27. The van der Waals surface area contributed by atoms with Crippen molar-refractivity contribution in [3.63, 3.8) is 0 Å². The van der Waals surface area contributed by atoms with Gasteiger partial charge in [0.1, 0.15) is 5.75 Å². The molecule has 0 bridgehead atoms. The Hall–Kier alpha value is -1.28. The summed E-state index contributed by atoms with van der Waals surface area (Å²) < 4.78 is 5.77. The Bertz CT molecular complexity index is 614. The van der Waals surface area contributed by atoms with E-state index in [2.05, 4.69) is 58.4 Å². The zero-order valence-electron chi connectivity index (χ0n) is 14.4. The van der Waals surface area contributed by atoms with Gasteiger partial charge >= 0.3 is 0 Å². The average Bonchev–Trinajstić information content (AvgIpc) is 3.07. The highest BCUT2D eigenvalue weighted by atomic mass is 127. The highest BCUT2D eigenvalue weighted by molar-refractivity contribution is 14.0. The van der Waals surface area contributed by atoms with Crippen LogP contribution in [0.2, 0.25) is 0 Å². The van der Waals surface area contributed by atoms with E-state index in [1.54, 1.807) is 18.4 Å². The van der Waals surface area contributed by atoms with Crippen molar-refractivity contribution in [2.45, 2.75) is 26.9 Å². The first-order chi connectivity index (χ1) is 11.2. The summed E-state index contributed by atoms with van der Waals surface area (Å²) in [6, 6.07) is 10.3. The molecule has 6 heteroatoms. The maximum absolute atomic E-state index is 5.77. The van der Waals surface area contributed by atoms with Crippen molar-refractivity contribution < 1.29 is 4.74 Å². The van der Waals surface area contributed by atoms with Gasteiger partial charge in [0.2, 0.25) is 0 Å². The van der Waals surface area contributed by atoms with Crippen molar-refractivity contribution in [1.82, 2.24) is 10.6 Å². The summed E-state index contributed by atoms with van der Waals surface area (Å²) in [5.74, 6) is 2.24. The van der Waals surface area contributed by atoms with E-state index >= 15 is 0 Å². The lowest BCUT2D eigenvalue weighted by atomic mass is 10.2. The number of benzene rings is 1. The van der Waals surface area contributed by atoms with Gasteiger partial charge in [-0.05, 0) is 46.0 Å². The molecule has 0 aliphatic carbocycles. The fourth-order valence-corrected chi connectivity index (χ4v) is 2.66. The molecule has 0 amide bonds. The number of nitrogens with zero attached hydrogens (tertiary/aromatic N) is 1. The maximum Gasteiger partial charge on any atom is 0.191 e. The van der Waals surface area contributed by atoms with Gasteiger partial charge in [0.05, 0.1) is 6.61 Å². The van der Waals surface area contributed by atoms with E-state index in [9.17, 15) is 0 Å². The van der Waals surface area contributed by atoms with Crippen molar-refractivity contribution in [1.29, 1.82) is 0 Å². The lowest BCUT2D eigenvalue weighted by Gasteiger charge is -2.13. The van der Waals surface area contributed by atoms with Crippen LogP contribution >= 0.6 is 35.3 Å². The number of rotatable bonds is 7. The van der Waals surface area contributed by atoms with E-state index in [0.717, 1.165) is 24.9 Å². The van der Waals surface area contributed by atoms with E-state index in [-0.39, 0.29) is 24.0 Å². The van der Waals surface area contributed by atoms with E-state index < -0.39 is 0 Å². The topological polar surface area (TPSA) is 45.7 Å². The molecule has 0 aliphatic rings. The molecule has 132 valence electrons.